The van der Waals surface area contributed by atoms with Gasteiger partial charge in [0, 0.05) is 24.4 Å². The van der Waals surface area contributed by atoms with Gasteiger partial charge in [0.1, 0.15) is 5.78 Å². The summed E-state index contributed by atoms with van der Waals surface area (Å²) in [6.45, 7) is 0.795. The number of carbonyl (C=O) groups excluding carboxylic acids is 1. The highest BCUT2D eigenvalue weighted by atomic mass is 35.5. The Kier molecular flexibility index (Phi) is 4.79. The molecule has 3 heteroatoms. The average Bonchev–Trinajstić information content (AvgIpc) is 2.18. The van der Waals surface area contributed by atoms with E-state index in [4.69, 9.17) is 11.6 Å². The number of carbonyl (C=O) groups is 1. The molecule has 0 heterocycles. The van der Waals surface area contributed by atoms with Gasteiger partial charge in [0.05, 0.1) is 0 Å². The van der Waals surface area contributed by atoms with E-state index in [1.54, 1.807) is 0 Å². The van der Waals surface area contributed by atoms with E-state index in [0.29, 0.717) is 17.9 Å². The summed E-state index contributed by atoms with van der Waals surface area (Å²) in [5.41, 5.74) is 0.919. The van der Waals surface area contributed by atoms with Crippen LogP contribution in [-0.4, -0.2) is 31.3 Å². The third-order valence-electron chi connectivity index (χ3n) is 2.18. The lowest BCUT2D eigenvalue weighted by atomic mass is 10.1. The molecule has 0 unspecified atom stereocenters. The van der Waals surface area contributed by atoms with Crippen molar-refractivity contribution in [3.05, 3.63) is 34.9 Å². The number of Topliss-reactive ketones (excluding diaryl/α,β-unsaturated/α-hetero) is 1. The number of nitrogens with zero attached hydrogens (tertiary/aromatic N) is 1. The molecule has 15 heavy (non-hydrogen) atoms. The van der Waals surface area contributed by atoms with Crippen molar-refractivity contribution >= 4 is 17.4 Å². The summed E-state index contributed by atoms with van der Waals surface area (Å²) < 4.78 is 0. The smallest absolute Gasteiger partial charge is 0.138 e. The van der Waals surface area contributed by atoms with Crippen LogP contribution >= 0.6 is 11.6 Å². The Labute approximate surface area is 95.8 Å². The molecule has 0 fully saturated rings. The maximum absolute atomic E-state index is 11.6. The van der Waals surface area contributed by atoms with Crippen LogP contribution in [-0.2, 0) is 11.2 Å². The fourth-order valence-electron chi connectivity index (χ4n) is 1.29. The standard InChI is InChI=1S/C12H16ClNO/c1-14(2)8-7-11(15)9-10-5-3-4-6-12(10)13/h3-6H,7-9H2,1-2H3. The van der Waals surface area contributed by atoms with Crippen molar-refractivity contribution in [2.45, 2.75) is 12.8 Å². The lowest BCUT2D eigenvalue weighted by molar-refractivity contribution is -0.118. The molecule has 0 spiro atoms. The van der Waals surface area contributed by atoms with Gasteiger partial charge in [0.15, 0.2) is 0 Å². The van der Waals surface area contributed by atoms with Crippen LogP contribution in [0, 0.1) is 0 Å². The molecule has 1 aromatic rings. The van der Waals surface area contributed by atoms with Gasteiger partial charge >= 0.3 is 0 Å². The van der Waals surface area contributed by atoms with Gasteiger partial charge in [-0.05, 0) is 25.7 Å². The van der Waals surface area contributed by atoms with Gasteiger partial charge in [-0.2, -0.15) is 0 Å². The Morgan fingerprint density at radius 1 is 1.33 bits per heavy atom. The molecule has 0 bridgehead atoms. The van der Waals surface area contributed by atoms with E-state index < -0.39 is 0 Å². The second kappa shape index (κ2) is 5.89. The molecule has 0 atom stereocenters. The van der Waals surface area contributed by atoms with Crippen LogP contribution in [0.1, 0.15) is 12.0 Å². The van der Waals surface area contributed by atoms with Crippen LogP contribution in [0.15, 0.2) is 24.3 Å². The Morgan fingerprint density at radius 3 is 2.60 bits per heavy atom. The Bertz CT molecular complexity index is 336. The van der Waals surface area contributed by atoms with Gasteiger partial charge in [0.2, 0.25) is 0 Å². The number of hydrogen-bond acceptors (Lipinski definition) is 2. The van der Waals surface area contributed by atoms with Crippen molar-refractivity contribution in [1.29, 1.82) is 0 Å². The largest absolute Gasteiger partial charge is 0.309 e. The van der Waals surface area contributed by atoms with Crippen molar-refractivity contribution < 1.29 is 4.79 Å². The van der Waals surface area contributed by atoms with E-state index in [9.17, 15) is 4.79 Å². The van der Waals surface area contributed by atoms with E-state index in [1.165, 1.54) is 0 Å². The first-order chi connectivity index (χ1) is 7.09. The summed E-state index contributed by atoms with van der Waals surface area (Å²) >= 11 is 5.97. The Hall–Kier alpha value is -0.860. The molecule has 0 amide bonds. The summed E-state index contributed by atoms with van der Waals surface area (Å²) in [7, 11) is 3.92. The van der Waals surface area contributed by atoms with Gasteiger partial charge in [-0.3, -0.25) is 4.79 Å². The van der Waals surface area contributed by atoms with Crippen molar-refractivity contribution in [1.82, 2.24) is 4.90 Å². The molecule has 0 saturated carbocycles. The van der Waals surface area contributed by atoms with Gasteiger partial charge in [-0.25, -0.2) is 0 Å². The average molecular weight is 226 g/mol. The van der Waals surface area contributed by atoms with Crippen molar-refractivity contribution in [2.24, 2.45) is 0 Å². The summed E-state index contributed by atoms with van der Waals surface area (Å²) in [5, 5.41) is 0.677. The summed E-state index contributed by atoms with van der Waals surface area (Å²) in [6, 6.07) is 7.49. The minimum absolute atomic E-state index is 0.233. The van der Waals surface area contributed by atoms with Crippen molar-refractivity contribution in [3.63, 3.8) is 0 Å². The predicted molar refractivity (Wildman–Crippen MR) is 63.3 cm³/mol. The van der Waals surface area contributed by atoms with Crippen LogP contribution in [0.3, 0.4) is 0 Å². The molecule has 0 radical (unpaired) electrons. The lowest BCUT2D eigenvalue weighted by Crippen LogP contribution is -2.17. The molecule has 82 valence electrons. The molecule has 0 aliphatic heterocycles. The fourth-order valence-corrected chi connectivity index (χ4v) is 1.49. The minimum atomic E-state index is 0.233. The zero-order valence-corrected chi connectivity index (χ0v) is 9.92. The van der Waals surface area contributed by atoms with Crippen LogP contribution in [0.4, 0.5) is 0 Å². The second-order valence-electron chi connectivity index (χ2n) is 3.86. The van der Waals surface area contributed by atoms with E-state index >= 15 is 0 Å². The van der Waals surface area contributed by atoms with Crippen LogP contribution in [0.25, 0.3) is 0 Å². The van der Waals surface area contributed by atoms with E-state index in [1.807, 2.05) is 43.3 Å². The zero-order chi connectivity index (χ0) is 11.3. The van der Waals surface area contributed by atoms with Crippen LogP contribution in [0.2, 0.25) is 5.02 Å². The molecule has 0 aliphatic rings. The third-order valence-corrected chi connectivity index (χ3v) is 2.55. The molecule has 0 aromatic heterocycles. The number of hydrogen-bond donors (Lipinski definition) is 0. The predicted octanol–water partition coefficient (Wildman–Crippen LogP) is 2.40. The fraction of sp³-hybridized carbons (Fsp3) is 0.417. The lowest BCUT2D eigenvalue weighted by Gasteiger charge is -2.08. The molecular weight excluding hydrogens is 210 g/mol. The quantitative estimate of drug-likeness (QED) is 0.767. The molecule has 0 N–H and O–H groups in total. The summed E-state index contributed by atoms with van der Waals surface area (Å²) in [5.74, 6) is 0.233. The first-order valence-electron chi connectivity index (χ1n) is 4.99. The summed E-state index contributed by atoms with van der Waals surface area (Å²) in [4.78, 5) is 13.6. The number of halogens is 1. The maximum atomic E-state index is 11.6. The molecule has 0 aliphatic carbocycles. The molecular formula is C12H16ClNO. The van der Waals surface area contributed by atoms with Gasteiger partial charge in [0.25, 0.3) is 0 Å². The van der Waals surface area contributed by atoms with E-state index in [2.05, 4.69) is 0 Å². The zero-order valence-electron chi connectivity index (χ0n) is 9.16. The highest BCUT2D eigenvalue weighted by Gasteiger charge is 2.06. The molecule has 2 nitrogen and oxygen atoms in total. The Morgan fingerprint density at radius 2 is 2.00 bits per heavy atom. The first-order valence-corrected chi connectivity index (χ1v) is 5.37. The van der Waals surface area contributed by atoms with E-state index in [-0.39, 0.29) is 5.78 Å². The van der Waals surface area contributed by atoms with Gasteiger partial charge < -0.3 is 4.90 Å². The molecule has 1 rings (SSSR count). The van der Waals surface area contributed by atoms with Gasteiger partial charge in [-0.1, -0.05) is 29.8 Å². The number of rotatable bonds is 5. The number of benzene rings is 1. The van der Waals surface area contributed by atoms with Crippen molar-refractivity contribution in [2.75, 3.05) is 20.6 Å². The molecule has 1 aromatic carbocycles. The van der Waals surface area contributed by atoms with E-state index in [0.717, 1.165) is 12.1 Å². The Balaban J connectivity index is 2.48. The third kappa shape index (κ3) is 4.45. The highest BCUT2D eigenvalue weighted by Crippen LogP contribution is 2.15. The summed E-state index contributed by atoms with van der Waals surface area (Å²) in [6.07, 6.45) is 1.02. The van der Waals surface area contributed by atoms with Crippen LogP contribution in [0.5, 0.6) is 0 Å². The number of ketones is 1. The SMILES string of the molecule is CN(C)CCC(=O)Cc1ccccc1Cl. The molecule has 0 saturated heterocycles. The second-order valence-corrected chi connectivity index (χ2v) is 4.27. The monoisotopic (exact) mass is 225 g/mol. The topological polar surface area (TPSA) is 20.3 Å². The van der Waals surface area contributed by atoms with Crippen molar-refractivity contribution in [3.8, 4) is 0 Å². The highest BCUT2D eigenvalue weighted by molar-refractivity contribution is 6.31. The first kappa shape index (κ1) is 12.2. The van der Waals surface area contributed by atoms with Crippen LogP contribution < -0.4 is 0 Å². The maximum Gasteiger partial charge on any atom is 0.138 e. The van der Waals surface area contributed by atoms with Gasteiger partial charge in [-0.15, -0.1) is 0 Å². The minimum Gasteiger partial charge on any atom is -0.309 e. The normalized spacial score (nSPS) is 10.7.